The molecule has 3 aromatic rings. The number of hydrogen-bond donors (Lipinski definition) is 2. The zero-order chi connectivity index (χ0) is 50.2. The summed E-state index contributed by atoms with van der Waals surface area (Å²) in [7, 11) is 1.24. The molecule has 0 aromatic heterocycles. The van der Waals surface area contributed by atoms with Gasteiger partial charge < -0.3 is 34.3 Å². The number of amides is 2. The van der Waals surface area contributed by atoms with Gasteiger partial charge in [-0.05, 0) is 58.2 Å². The number of methoxy groups -OCH3 is 1. The van der Waals surface area contributed by atoms with E-state index in [1.165, 1.54) is 18.9 Å². The highest BCUT2D eigenvalue weighted by molar-refractivity contribution is 8.00. The summed E-state index contributed by atoms with van der Waals surface area (Å²) >= 11 is 1.46. The van der Waals surface area contributed by atoms with E-state index >= 15 is 0 Å². The molecule has 378 valence electrons. The molecule has 1 heterocycles. The second-order valence-electron chi connectivity index (χ2n) is 17.4. The van der Waals surface area contributed by atoms with Gasteiger partial charge in [0.2, 0.25) is 5.91 Å². The van der Waals surface area contributed by atoms with Crippen LogP contribution in [0, 0.1) is 0 Å². The summed E-state index contributed by atoms with van der Waals surface area (Å²) in [5, 5.41) is 5.73. The minimum absolute atomic E-state index is 0.0206. The smallest absolute Gasteiger partial charge is 0.408 e. The molecular formula is C51H72N6O11S. The Kier molecular flexibility index (Phi) is 23.4. The summed E-state index contributed by atoms with van der Waals surface area (Å²) in [6.07, 6.45) is -0.810. The van der Waals surface area contributed by atoms with Crippen molar-refractivity contribution in [2.45, 2.75) is 64.0 Å². The van der Waals surface area contributed by atoms with Crippen LogP contribution in [0.5, 0.6) is 0 Å². The summed E-state index contributed by atoms with van der Waals surface area (Å²) in [6.45, 7) is 13.9. The number of nitrogens with one attached hydrogen (secondary N) is 2. The van der Waals surface area contributed by atoms with Crippen LogP contribution in [0.15, 0.2) is 91.0 Å². The monoisotopic (exact) mass is 976 g/mol. The van der Waals surface area contributed by atoms with Crippen molar-refractivity contribution in [1.82, 2.24) is 30.2 Å². The number of esters is 4. The van der Waals surface area contributed by atoms with Crippen LogP contribution in [-0.4, -0.2) is 184 Å². The van der Waals surface area contributed by atoms with Gasteiger partial charge in [0.25, 0.3) is 0 Å². The molecular weight excluding hydrogens is 905 g/mol. The molecule has 1 unspecified atom stereocenters. The molecule has 2 amide bonds. The number of alkyl carbamates (subject to hydrolysis) is 1. The van der Waals surface area contributed by atoms with Gasteiger partial charge >= 0.3 is 30.0 Å². The fourth-order valence-electron chi connectivity index (χ4n) is 7.86. The maximum Gasteiger partial charge on any atom is 0.408 e. The molecule has 2 N–H and O–H groups in total. The SMILES string of the molecule is CCOC(=O)CN1CCN(CC(=O)OCC)CCN(CC(NC(=O)[C@H](CSC(c2ccccc2)(c2ccccc2)c2ccccc2)NC(=O)OC(C)(C)C)C(=O)OC)CCN(CC(=O)OCC)CC1. The van der Waals surface area contributed by atoms with Gasteiger partial charge in [-0.15, -0.1) is 11.8 Å². The van der Waals surface area contributed by atoms with Crippen molar-refractivity contribution in [3.05, 3.63) is 108 Å². The van der Waals surface area contributed by atoms with E-state index in [-0.39, 0.29) is 57.7 Å². The van der Waals surface area contributed by atoms with E-state index in [9.17, 15) is 28.8 Å². The molecule has 0 saturated carbocycles. The zero-order valence-electron chi connectivity index (χ0n) is 41.3. The van der Waals surface area contributed by atoms with Gasteiger partial charge in [0, 0.05) is 64.7 Å². The lowest BCUT2D eigenvalue weighted by Gasteiger charge is -2.37. The van der Waals surface area contributed by atoms with Crippen LogP contribution >= 0.6 is 11.8 Å². The quantitative estimate of drug-likeness (QED) is 0.0880. The molecule has 1 fully saturated rings. The Hall–Kier alpha value is -5.53. The summed E-state index contributed by atoms with van der Waals surface area (Å²) < 4.78 is 26.0. The van der Waals surface area contributed by atoms with Crippen LogP contribution in [0.2, 0.25) is 0 Å². The summed E-state index contributed by atoms with van der Waals surface area (Å²) in [4.78, 5) is 88.2. The Bertz CT molecular complexity index is 1930. The minimum Gasteiger partial charge on any atom is -0.467 e. The number of thioether (sulfide) groups is 1. The zero-order valence-corrected chi connectivity index (χ0v) is 42.1. The number of hydrogen-bond acceptors (Lipinski definition) is 16. The highest BCUT2D eigenvalue weighted by Gasteiger charge is 2.40. The minimum atomic E-state index is -1.22. The van der Waals surface area contributed by atoms with Gasteiger partial charge in [0.05, 0.1) is 51.3 Å². The molecule has 17 nitrogen and oxygen atoms in total. The second-order valence-corrected chi connectivity index (χ2v) is 18.7. The lowest BCUT2D eigenvalue weighted by Crippen LogP contribution is -2.57. The van der Waals surface area contributed by atoms with E-state index in [0.29, 0.717) is 52.4 Å². The van der Waals surface area contributed by atoms with Crippen LogP contribution in [0.1, 0.15) is 58.2 Å². The number of benzene rings is 3. The molecule has 0 aliphatic carbocycles. The van der Waals surface area contributed by atoms with Crippen molar-refractivity contribution in [2.75, 3.05) is 111 Å². The van der Waals surface area contributed by atoms with Gasteiger partial charge in [-0.1, -0.05) is 91.0 Å². The Labute approximate surface area is 411 Å². The predicted octanol–water partition coefficient (Wildman–Crippen LogP) is 4.17. The second kappa shape index (κ2) is 28.8. The van der Waals surface area contributed by atoms with E-state index < -0.39 is 52.3 Å². The normalized spacial score (nSPS) is 15.8. The first-order chi connectivity index (χ1) is 33.1. The number of carbonyl (C=O) groups excluding carboxylic acids is 6. The third-order valence-corrected chi connectivity index (χ3v) is 12.8. The molecule has 0 radical (unpaired) electrons. The third-order valence-electron chi connectivity index (χ3n) is 11.2. The average molecular weight is 977 g/mol. The van der Waals surface area contributed by atoms with Crippen LogP contribution in [-0.2, 0) is 52.4 Å². The van der Waals surface area contributed by atoms with E-state index in [1.54, 1.807) is 41.5 Å². The van der Waals surface area contributed by atoms with E-state index in [2.05, 4.69) is 10.6 Å². The molecule has 18 heteroatoms. The molecule has 0 bridgehead atoms. The Morgan fingerprint density at radius 1 is 0.551 bits per heavy atom. The lowest BCUT2D eigenvalue weighted by molar-refractivity contribution is -0.147. The lowest BCUT2D eigenvalue weighted by atomic mass is 9.84. The molecule has 1 aliphatic rings. The largest absolute Gasteiger partial charge is 0.467 e. The maximum absolute atomic E-state index is 14.8. The van der Waals surface area contributed by atoms with Gasteiger partial charge in [0.15, 0.2) is 0 Å². The highest BCUT2D eigenvalue weighted by atomic mass is 32.2. The molecule has 3 aromatic carbocycles. The summed E-state index contributed by atoms with van der Waals surface area (Å²) in [5.74, 6) is -2.52. The molecule has 1 aliphatic heterocycles. The van der Waals surface area contributed by atoms with Crippen molar-refractivity contribution < 1.29 is 52.5 Å². The van der Waals surface area contributed by atoms with Crippen LogP contribution in [0.25, 0.3) is 0 Å². The van der Waals surface area contributed by atoms with E-state index in [0.717, 1.165) is 16.7 Å². The first-order valence-electron chi connectivity index (χ1n) is 23.6. The first-order valence-corrected chi connectivity index (χ1v) is 24.6. The summed E-state index contributed by atoms with van der Waals surface area (Å²) in [5.41, 5.74) is 1.98. The fraction of sp³-hybridized carbons (Fsp3) is 0.529. The van der Waals surface area contributed by atoms with Crippen LogP contribution < -0.4 is 10.6 Å². The van der Waals surface area contributed by atoms with Gasteiger partial charge in [-0.3, -0.25) is 38.8 Å². The van der Waals surface area contributed by atoms with Gasteiger partial charge in [-0.2, -0.15) is 0 Å². The van der Waals surface area contributed by atoms with Gasteiger partial charge in [-0.25, -0.2) is 9.59 Å². The van der Waals surface area contributed by atoms with Crippen molar-refractivity contribution in [3.63, 3.8) is 0 Å². The Morgan fingerprint density at radius 3 is 1.25 bits per heavy atom. The van der Waals surface area contributed by atoms with Crippen molar-refractivity contribution in [3.8, 4) is 0 Å². The average Bonchev–Trinajstić information content (AvgIpc) is 3.32. The highest BCUT2D eigenvalue weighted by Crippen LogP contribution is 2.48. The predicted molar refractivity (Wildman–Crippen MR) is 264 cm³/mol. The maximum atomic E-state index is 14.8. The molecule has 1 saturated heterocycles. The number of nitrogens with zero attached hydrogens (tertiary/aromatic N) is 4. The number of rotatable bonds is 21. The number of ether oxygens (including phenoxy) is 5. The first kappa shape index (κ1) is 56.1. The van der Waals surface area contributed by atoms with E-state index in [4.69, 9.17) is 23.7 Å². The van der Waals surface area contributed by atoms with Crippen molar-refractivity contribution in [1.29, 1.82) is 0 Å². The van der Waals surface area contributed by atoms with Crippen molar-refractivity contribution in [2.24, 2.45) is 0 Å². The van der Waals surface area contributed by atoms with Gasteiger partial charge in [0.1, 0.15) is 17.7 Å². The third kappa shape index (κ3) is 18.7. The Morgan fingerprint density at radius 2 is 0.913 bits per heavy atom. The Balaban J connectivity index is 1.69. The standard InChI is InChI=1S/C51H72N6O11S/c1-8-65-44(58)35-55-28-26-54(27-29-56(36-45(59)66-9-2)31-33-57(32-30-55)37-46(60)67-10-3)34-42(48(62)64-7)52-47(61)43(53-49(63)68-50(4,5)6)38-69-51(39-20-14-11-15-21-39,40-22-16-12-17-23-40)41-24-18-13-19-25-41/h11-25,42-43H,8-10,26-38H2,1-7H3,(H,52,61)(H,53,63)/t42?,43-/m0/s1. The molecule has 4 rings (SSSR count). The van der Waals surface area contributed by atoms with E-state index in [1.807, 2.05) is 111 Å². The van der Waals surface area contributed by atoms with Crippen molar-refractivity contribution >= 4 is 47.6 Å². The topological polar surface area (TPSA) is 186 Å². The number of carbonyl (C=O) groups is 6. The van der Waals surface area contributed by atoms with Crippen LogP contribution in [0.3, 0.4) is 0 Å². The van der Waals surface area contributed by atoms with Crippen LogP contribution in [0.4, 0.5) is 4.79 Å². The summed E-state index contributed by atoms with van der Waals surface area (Å²) in [6, 6.07) is 27.4. The molecule has 2 atom stereocenters. The molecule has 69 heavy (non-hydrogen) atoms. The fourth-order valence-corrected chi connectivity index (χ4v) is 9.42. The molecule has 0 spiro atoms.